The number of anilines is 1. The molecular formula is C15H20N4O. The topological polar surface area (TPSA) is 64.2 Å². The van der Waals surface area contributed by atoms with E-state index in [1.54, 1.807) is 18.0 Å². The molecule has 0 spiro atoms. The Bertz CT molecular complexity index is 618. The van der Waals surface area contributed by atoms with Gasteiger partial charge in [0.25, 0.3) is 0 Å². The van der Waals surface area contributed by atoms with Crippen molar-refractivity contribution in [1.29, 1.82) is 0 Å². The van der Waals surface area contributed by atoms with Gasteiger partial charge in [0, 0.05) is 19.7 Å². The summed E-state index contributed by atoms with van der Waals surface area (Å²) in [6, 6.07) is 9.89. The number of aromatic nitrogens is 2. The average molecular weight is 272 g/mol. The van der Waals surface area contributed by atoms with Gasteiger partial charge in [0.1, 0.15) is 12.4 Å². The first-order valence-electron chi connectivity index (χ1n) is 6.55. The summed E-state index contributed by atoms with van der Waals surface area (Å²) in [6.07, 6.45) is 0. The molecule has 0 atom stereocenters. The first-order valence-corrected chi connectivity index (χ1v) is 6.55. The van der Waals surface area contributed by atoms with Crippen LogP contribution in [0.3, 0.4) is 0 Å². The molecule has 1 aromatic heterocycles. The zero-order chi connectivity index (χ0) is 14.7. The van der Waals surface area contributed by atoms with Gasteiger partial charge in [-0.3, -0.25) is 4.79 Å². The number of benzene rings is 1. The van der Waals surface area contributed by atoms with Crippen molar-refractivity contribution >= 4 is 11.7 Å². The van der Waals surface area contributed by atoms with Crippen LogP contribution in [-0.2, 0) is 17.9 Å². The third-order valence-corrected chi connectivity index (χ3v) is 3.15. The van der Waals surface area contributed by atoms with Gasteiger partial charge in [-0.25, -0.2) is 4.68 Å². The molecule has 0 aliphatic heterocycles. The summed E-state index contributed by atoms with van der Waals surface area (Å²) in [6.45, 7) is 4.65. The van der Waals surface area contributed by atoms with Gasteiger partial charge < -0.3 is 10.6 Å². The quantitative estimate of drug-likeness (QED) is 0.922. The number of aryl methyl sites for hydroxylation is 2. The average Bonchev–Trinajstić information content (AvgIpc) is 2.67. The minimum absolute atomic E-state index is 0.0127. The molecule has 0 saturated heterocycles. The highest BCUT2D eigenvalue weighted by molar-refractivity contribution is 5.76. The van der Waals surface area contributed by atoms with Gasteiger partial charge in [0.2, 0.25) is 5.91 Å². The summed E-state index contributed by atoms with van der Waals surface area (Å²) >= 11 is 0. The highest BCUT2D eigenvalue weighted by Crippen LogP contribution is 2.09. The number of hydrogen-bond donors (Lipinski definition) is 1. The lowest BCUT2D eigenvalue weighted by Crippen LogP contribution is -2.30. The van der Waals surface area contributed by atoms with Crippen molar-refractivity contribution in [3.8, 4) is 0 Å². The van der Waals surface area contributed by atoms with E-state index < -0.39 is 0 Å². The molecule has 2 aromatic rings. The van der Waals surface area contributed by atoms with Crippen molar-refractivity contribution in [3.63, 3.8) is 0 Å². The Morgan fingerprint density at radius 1 is 1.35 bits per heavy atom. The van der Waals surface area contributed by atoms with Gasteiger partial charge in [-0.1, -0.05) is 29.8 Å². The summed E-state index contributed by atoms with van der Waals surface area (Å²) < 4.78 is 1.53. The van der Waals surface area contributed by atoms with E-state index >= 15 is 0 Å². The summed E-state index contributed by atoms with van der Waals surface area (Å²) in [5.41, 5.74) is 8.91. The Labute approximate surface area is 119 Å². The number of nitrogens with two attached hydrogens (primary N) is 1. The third kappa shape index (κ3) is 3.38. The van der Waals surface area contributed by atoms with Crippen LogP contribution in [0.5, 0.6) is 0 Å². The predicted octanol–water partition coefficient (Wildman–Crippen LogP) is 1.74. The van der Waals surface area contributed by atoms with Crippen LogP contribution < -0.4 is 5.73 Å². The molecule has 0 bridgehead atoms. The molecule has 5 nitrogen and oxygen atoms in total. The second-order valence-corrected chi connectivity index (χ2v) is 5.11. The second kappa shape index (κ2) is 5.77. The van der Waals surface area contributed by atoms with E-state index in [1.165, 1.54) is 10.2 Å². The van der Waals surface area contributed by atoms with Gasteiger partial charge >= 0.3 is 0 Å². The van der Waals surface area contributed by atoms with E-state index in [1.807, 2.05) is 32.0 Å². The number of carbonyl (C=O) groups excluding carboxylic acids is 1. The first kappa shape index (κ1) is 14.1. The Morgan fingerprint density at radius 2 is 2.10 bits per heavy atom. The molecule has 106 valence electrons. The van der Waals surface area contributed by atoms with E-state index in [4.69, 9.17) is 5.73 Å². The van der Waals surface area contributed by atoms with Crippen LogP contribution in [0.15, 0.2) is 30.3 Å². The van der Waals surface area contributed by atoms with Gasteiger partial charge in [-0.05, 0) is 19.4 Å². The molecule has 5 heteroatoms. The maximum absolute atomic E-state index is 12.2. The van der Waals surface area contributed by atoms with E-state index in [9.17, 15) is 4.79 Å². The Kier molecular flexibility index (Phi) is 4.08. The number of likely N-dealkylation sites (N-methyl/N-ethyl adjacent to an activating group) is 1. The fourth-order valence-electron chi connectivity index (χ4n) is 2.11. The van der Waals surface area contributed by atoms with Crippen LogP contribution in [0.25, 0.3) is 0 Å². The fourth-order valence-corrected chi connectivity index (χ4v) is 2.11. The van der Waals surface area contributed by atoms with Crippen LogP contribution in [0.4, 0.5) is 5.82 Å². The third-order valence-electron chi connectivity index (χ3n) is 3.15. The highest BCUT2D eigenvalue weighted by atomic mass is 16.2. The lowest BCUT2D eigenvalue weighted by molar-refractivity contribution is -0.131. The summed E-state index contributed by atoms with van der Waals surface area (Å²) in [5.74, 6) is 0.501. The number of carbonyl (C=O) groups is 1. The molecule has 0 saturated carbocycles. The number of amides is 1. The highest BCUT2D eigenvalue weighted by Gasteiger charge is 2.12. The smallest absolute Gasteiger partial charge is 0.244 e. The standard InChI is InChI=1S/C15H20N4O/c1-11-5-4-6-13(7-11)9-18(3)15(20)10-19-14(16)8-12(2)17-19/h4-8H,9-10,16H2,1-3H3. The first-order chi connectivity index (χ1) is 9.45. The van der Waals surface area contributed by atoms with Gasteiger partial charge in [-0.2, -0.15) is 5.10 Å². The maximum Gasteiger partial charge on any atom is 0.244 e. The molecule has 1 amide bonds. The fraction of sp³-hybridized carbons (Fsp3) is 0.333. The van der Waals surface area contributed by atoms with E-state index in [2.05, 4.69) is 11.2 Å². The molecule has 0 radical (unpaired) electrons. The largest absolute Gasteiger partial charge is 0.384 e. The van der Waals surface area contributed by atoms with E-state index in [-0.39, 0.29) is 12.5 Å². The van der Waals surface area contributed by atoms with Gasteiger partial charge in [0.05, 0.1) is 5.69 Å². The predicted molar refractivity (Wildman–Crippen MR) is 79.0 cm³/mol. The zero-order valence-electron chi connectivity index (χ0n) is 12.1. The minimum Gasteiger partial charge on any atom is -0.384 e. The Balaban J connectivity index is 2.00. The van der Waals surface area contributed by atoms with Crippen LogP contribution in [-0.4, -0.2) is 27.6 Å². The number of rotatable bonds is 4. The van der Waals surface area contributed by atoms with Crippen LogP contribution in [0.1, 0.15) is 16.8 Å². The van der Waals surface area contributed by atoms with Crippen molar-refractivity contribution in [2.75, 3.05) is 12.8 Å². The SMILES string of the molecule is Cc1cccc(CN(C)C(=O)Cn2nc(C)cc2N)c1. The Hall–Kier alpha value is -2.30. The number of nitrogen functional groups attached to an aromatic ring is 1. The monoisotopic (exact) mass is 272 g/mol. The number of nitrogens with zero attached hydrogens (tertiary/aromatic N) is 3. The van der Waals surface area contributed by atoms with Crippen molar-refractivity contribution in [3.05, 3.63) is 47.2 Å². The molecule has 0 unspecified atom stereocenters. The van der Waals surface area contributed by atoms with Gasteiger partial charge in [0.15, 0.2) is 0 Å². The lowest BCUT2D eigenvalue weighted by Gasteiger charge is -2.18. The molecule has 1 aromatic carbocycles. The summed E-state index contributed by atoms with van der Waals surface area (Å²) in [7, 11) is 1.79. The zero-order valence-corrected chi connectivity index (χ0v) is 12.1. The molecular weight excluding hydrogens is 252 g/mol. The molecule has 2 N–H and O–H groups in total. The van der Waals surface area contributed by atoms with E-state index in [0.717, 1.165) is 11.3 Å². The second-order valence-electron chi connectivity index (χ2n) is 5.11. The maximum atomic E-state index is 12.2. The number of hydrogen-bond acceptors (Lipinski definition) is 3. The molecule has 1 heterocycles. The lowest BCUT2D eigenvalue weighted by atomic mass is 10.1. The Morgan fingerprint density at radius 3 is 2.70 bits per heavy atom. The molecule has 0 fully saturated rings. The molecule has 2 rings (SSSR count). The van der Waals surface area contributed by atoms with E-state index in [0.29, 0.717) is 12.4 Å². The molecule has 0 aliphatic rings. The van der Waals surface area contributed by atoms with Crippen LogP contribution in [0, 0.1) is 13.8 Å². The minimum atomic E-state index is -0.0127. The molecule has 0 aliphatic carbocycles. The van der Waals surface area contributed by atoms with Crippen molar-refractivity contribution < 1.29 is 4.79 Å². The summed E-state index contributed by atoms with van der Waals surface area (Å²) in [5, 5.41) is 4.20. The van der Waals surface area contributed by atoms with Crippen molar-refractivity contribution in [1.82, 2.24) is 14.7 Å². The van der Waals surface area contributed by atoms with Crippen molar-refractivity contribution in [2.24, 2.45) is 0 Å². The van der Waals surface area contributed by atoms with Gasteiger partial charge in [-0.15, -0.1) is 0 Å². The van der Waals surface area contributed by atoms with Crippen LogP contribution >= 0.6 is 0 Å². The van der Waals surface area contributed by atoms with Crippen molar-refractivity contribution in [2.45, 2.75) is 26.9 Å². The summed E-state index contributed by atoms with van der Waals surface area (Å²) in [4.78, 5) is 13.9. The van der Waals surface area contributed by atoms with Crippen LogP contribution in [0.2, 0.25) is 0 Å². The normalized spacial score (nSPS) is 10.6. The molecule has 20 heavy (non-hydrogen) atoms.